The van der Waals surface area contributed by atoms with Crippen LogP contribution >= 0.6 is 11.3 Å². The molecule has 1 unspecified atom stereocenters. The summed E-state index contributed by atoms with van der Waals surface area (Å²) in [5.41, 5.74) is 7.34. The molecule has 3 N–H and O–H groups in total. The zero-order valence-corrected chi connectivity index (χ0v) is 12.0. The highest BCUT2D eigenvalue weighted by Crippen LogP contribution is 2.22. The standard InChI is InChI=1S/C14H15N3O3S/c15-12(10-4-2-1-3-5-10)6-7-16-14(18)11-8-13(17(19)20)21-9-11/h1-5,8-9,12H,6-7,15H2,(H,16,18). The number of carbonyl (C=O) groups is 1. The summed E-state index contributed by atoms with van der Waals surface area (Å²) in [4.78, 5) is 21.9. The van der Waals surface area contributed by atoms with Gasteiger partial charge in [-0.3, -0.25) is 14.9 Å². The van der Waals surface area contributed by atoms with Crippen LogP contribution in [0.3, 0.4) is 0 Å². The molecular weight excluding hydrogens is 290 g/mol. The van der Waals surface area contributed by atoms with Crippen molar-refractivity contribution in [2.45, 2.75) is 12.5 Å². The van der Waals surface area contributed by atoms with Gasteiger partial charge in [-0.2, -0.15) is 0 Å². The minimum atomic E-state index is -0.507. The Morgan fingerprint density at radius 2 is 2.10 bits per heavy atom. The van der Waals surface area contributed by atoms with Crippen LogP contribution in [-0.2, 0) is 0 Å². The fourth-order valence-corrected chi connectivity index (χ4v) is 2.55. The van der Waals surface area contributed by atoms with Crippen molar-refractivity contribution >= 4 is 22.2 Å². The molecular formula is C14H15N3O3S. The molecule has 7 heteroatoms. The van der Waals surface area contributed by atoms with Gasteiger partial charge in [-0.15, -0.1) is 0 Å². The van der Waals surface area contributed by atoms with Crippen molar-refractivity contribution < 1.29 is 9.72 Å². The lowest BCUT2D eigenvalue weighted by molar-refractivity contribution is -0.380. The maximum atomic E-state index is 11.8. The van der Waals surface area contributed by atoms with Crippen LogP contribution in [0, 0.1) is 10.1 Å². The first-order valence-electron chi connectivity index (χ1n) is 6.39. The van der Waals surface area contributed by atoms with E-state index in [0.29, 0.717) is 18.5 Å². The average Bonchev–Trinajstić information content (AvgIpc) is 2.98. The summed E-state index contributed by atoms with van der Waals surface area (Å²) < 4.78 is 0. The Hall–Kier alpha value is -2.25. The first-order chi connectivity index (χ1) is 10.1. The lowest BCUT2D eigenvalue weighted by Gasteiger charge is -2.12. The van der Waals surface area contributed by atoms with Gasteiger partial charge < -0.3 is 11.1 Å². The van der Waals surface area contributed by atoms with Crippen molar-refractivity contribution in [3.63, 3.8) is 0 Å². The van der Waals surface area contributed by atoms with Gasteiger partial charge in [-0.05, 0) is 12.0 Å². The van der Waals surface area contributed by atoms with Crippen LogP contribution in [0.5, 0.6) is 0 Å². The molecule has 1 amide bonds. The molecule has 2 aromatic rings. The minimum Gasteiger partial charge on any atom is -0.352 e. The number of nitrogens with zero attached hydrogens (tertiary/aromatic N) is 1. The fourth-order valence-electron chi connectivity index (χ4n) is 1.85. The second-order valence-corrected chi connectivity index (χ2v) is 5.38. The second kappa shape index (κ2) is 6.96. The highest BCUT2D eigenvalue weighted by Gasteiger charge is 2.15. The number of rotatable bonds is 6. The van der Waals surface area contributed by atoms with E-state index in [1.165, 1.54) is 11.4 Å². The molecule has 1 aromatic heterocycles. The lowest BCUT2D eigenvalue weighted by atomic mass is 10.1. The van der Waals surface area contributed by atoms with Gasteiger partial charge in [0.1, 0.15) is 0 Å². The third kappa shape index (κ3) is 4.11. The Balaban J connectivity index is 1.82. The number of benzene rings is 1. The van der Waals surface area contributed by atoms with Gasteiger partial charge in [0.05, 0.1) is 10.5 Å². The summed E-state index contributed by atoms with van der Waals surface area (Å²) in [6.07, 6.45) is 0.599. The first kappa shape index (κ1) is 15.1. The molecule has 0 bridgehead atoms. The Kier molecular flexibility index (Phi) is 5.02. The Labute approximate surface area is 125 Å². The minimum absolute atomic E-state index is 0.0406. The van der Waals surface area contributed by atoms with E-state index in [4.69, 9.17) is 5.73 Å². The second-order valence-electron chi connectivity index (χ2n) is 4.49. The van der Waals surface area contributed by atoms with Crippen LogP contribution in [0.1, 0.15) is 28.4 Å². The topological polar surface area (TPSA) is 98.3 Å². The Bertz CT molecular complexity index is 627. The Morgan fingerprint density at radius 3 is 2.71 bits per heavy atom. The van der Waals surface area contributed by atoms with Gasteiger partial charge in [0.15, 0.2) is 0 Å². The first-order valence-corrected chi connectivity index (χ1v) is 7.27. The smallest absolute Gasteiger partial charge is 0.324 e. The van der Waals surface area contributed by atoms with Crippen LogP contribution in [0.25, 0.3) is 0 Å². The quantitative estimate of drug-likeness (QED) is 0.632. The highest BCUT2D eigenvalue weighted by atomic mass is 32.1. The average molecular weight is 305 g/mol. The summed E-state index contributed by atoms with van der Waals surface area (Å²) in [5, 5.41) is 14.7. The molecule has 0 saturated heterocycles. The molecule has 1 heterocycles. The number of hydrogen-bond donors (Lipinski definition) is 2. The van der Waals surface area contributed by atoms with Crippen molar-refractivity contribution in [3.8, 4) is 0 Å². The molecule has 0 spiro atoms. The van der Waals surface area contributed by atoms with Gasteiger partial charge in [0, 0.05) is 24.0 Å². The van der Waals surface area contributed by atoms with Gasteiger partial charge >= 0.3 is 5.00 Å². The van der Waals surface area contributed by atoms with Crippen molar-refractivity contribution in [2.24, 2.45) is 5.73 Å². The highest BCUT2D eigenvalue weighted by molar-refractivity contribution is 7.13. The fraction of sp³-hybridized carbons (Fsp3) is 0.214. The molecule has 0 aliphatic carbocycles. The third-order valence-electron chi connectivity index (χ3n) is 3.00. The molecule has 6 nitrogen and oxygen atoms in total. The van der Waals surface area contributed by atoms with E-state index < -0.39 is 4.92 Å². The maximum absolute atomic E-state index is 11.8. The van der Waals surface area contributed by atoms with E-state index in [0.717, 1.165) is 16.9 Å². The van der Waals surface area contributed by atoms with E-state index in [1.54, 1.807) is 0 Å². The van der Waals surface area contributed by atoms with Crippen LogP contribution in [-0.4, -0.2) is 17.4 Å². The van der Waals surface area contributed by atoms with Crippen LogP contribution in [0.2, 0.25) is 0 Å². The molecule has 110 valence electrons. The zero-order chi connectivity index (χ0) is 15.2. The van der Waals surface area contributed by atoms with Crippen LogP contribution < -0.4 is 11.1 Å². The summed E-state index contributed by atoms with van der Waals surface area (Å²) in [6, 6.07) is 10.8. The normalized spacial score (nSPS) is 11.9. The van der Waals surface area contributed by atoms with E-state index in [1.807, 2.05) is 30.3 Å². The van der Waals surface area contributed by atoms with Crippen LogP contribution in [0.4, 0.5) is 5.00 Å². The monoisotopic (exact) mass is 305 g/mol. The maximum Gasteiger partial charge on any atom is 0.324 e. The number of nitrogens with one attached hydrogen (secondary N) is 1. The number of amides is 1. The van der Waals surface area contributed by atoms with Crippen molar-refractivity contribution in [3.05, 3.63) is 63.0 Å². The zero-order valence-electron chi connectivity index (χ0n) is 11.2. The van der Waals surface area contributed by atoms with E-state index in [-0.39, 0.29) is 17.0 Å². The summed E-state index contributed by atoms with van der Waals surface area (Å²) in [6.45, 7) is 0.415. The molecule has 0 fully saturated rings. The molecule has 1 aromatic carbocycles. The molecule has 0 saturated carbocycles. The summed E-state index contributed by atoms with van der Waals surface area (Å²) in [5.74, 6) is -0.320. The van der Waals surface area contributed by atoms with Crippen molar-refractivity contribution in [1.29, 1.82) is 0 Å². The van der Waals surface area contributed by atoms with Gasteiger partial charge in [-0.1, -0.05) is 41.7 Å². The molecule has 0 aliphatic rings. The predicted octanol–water partition coefficient (Wildman–Crippen LogP) is 2.48. The van der Waals surface area contributed by atoms with Gasteiger partial charge in [0.25, 0.3) is 5.91 Å². The van der Waals surface area contributed by atoms with E-state index >= 15 is 0 Å². The predicted molar refractivity (Wildman–Crippen MR) is 81.3 cm³/mol. The Morgan fingerprint density at radius 1 is 1.38 bits per heavy atom. The molecule has 0 radical (unpaired) electrons. The summed E-state index contributed by atoms with van der Waals surface area (Å²) >= 11 is 0.938. The molecule has 1 atom stereocenters. The van der Waals surface area contributed by atoms with Crippen LogP contribution in [0.15, 0.2) is 41.8 Å². The summed E-state index contributed by atoms with van der Waals surface area (Å²) in [7, 11) is 0. The number of hydrogen-bond acceptors (Lipinski definition) is 5. The largest absolute Gasteiger partial charge is 0.352 e. The number of nitro groups is 1. The van der Waals surface area contributed by atoms with Crippen molar-refractivity contribution in [2.75, 3.05) is 6.54 Å². The van der Waals surface area contributed by atoms with Crippen molar-refractivity contribution in [1.82, 2.24) is 5.32 Å². The number of carbonyl (C=O) groups excluding carboxylic acids is 1. The number of nitrogens with two attached hydrogens (primary N) is 1. The SMILES string of the molecule is NC(CCNC(=O)c1csc([N+](=O)[O-])c1)c1ccccc1. The van der Waals surface area contributed by atoms with E-state index in [9.17, 15) is 14.9 Å². The van der Waals surface area contributed by atoms with Gasteiger partial charge in [-0.25, -0.2) is 0 Å². The number of thiophene rings is 1. The van der Waals surface area contributed by atoms with E-state index in [2.05, 4.69) is 5.32 Å². The molecule has 0 aliphatic heterocycles. The third-order valence-corrected chi connectivity index (χ3v) is 3.88. The molecule has 2 rings (SSSR count). The molecule has 21 heavy (non-hydrogen) atoms. The lowest BCUT2D eigenvalue weighted by Crippen LogP contribution is -2.26. The van der Waals surface area contributed by atoms with Gasteiger partial charge in [0.2, 0.25) is 0 Å².